The fraction of sp³-hybridized carbons (Fsp3) is 0. The van der Waals surface area contributed by atoms with E-state index in [1.165, 1.54) is 24.3 Å². The molecule has 0 atom stereocenters. The van der Waals surface area contributed by atoms with E-state index in [2.05, 4.69) is 5.32 Å². The average molecular weight is 328 g/mol. The molecule has 2 amide bonds. The van der Waals surface area contributed by atoms with Crippen LogP contribution in [0.15, 0.2) is 39.5 Å². The van der Waals surface area contributed by atoms with E-state index in [1.54, 1.807) is 0 Å². The summed E-state index contributed by atoms with van der Waals surface area (Å²) >= 11 is 6.57. The summed E-state index contributed by atoms with van der Waals surface area (Å²) in [7, 11) is -3.58. The number of hydrogen-bond acceptors (Lipinski definition) is 5. The van der Waals surface area contributed by atoms with E-state index < -0.39 is 21.0 Å². The van der Waals surface area contributed by atoms with Gasteiger partial charge in [0.2, 0.25) is 9.84 Å². The van der Waals surface area contributed by atoms with Gasteiger partial charge in [-0.2, -0.15) is 0 Å². The first-order valence-corrected chi connectivity index (χ1v) is 8.13. The second-order valence-corrected chi connectivity index (χ2v) is 7.30. The van der Waals surface area contributed by atoms with Crippen LogP contribution in [-0.2, 0) is 14.6 Å². The lowest BCUT2D eigenvalue weighted by molar-refractivity contribution is -0.115. The number of allylic oxidation sites excluding steroid dienone is 2. The molecule has 0 saturated carbocycles. The lowest BCUT2D eigenvalue weighted by atomic mass is 10.0. The van der Waals surface area contributed by atoms with Crippen LogP contribution in [0.3, 0.4) is 0 Å². The zero-order valence-electron chi connectivity index (χ0n) is 9.71. The van der Waals surface area contributed by atoms with Crippen LogP contribution in [0, 0.1) is 0 Å². The Balaban J connectivity index is 2.31. The van der Waals surface area contributed by atoms with Gasteiger partial charge in [0.1, 0.15) is 0 Å². The van der Waals surface area contributed by atoms with E-state index in [9.17, 15) is 18.0 Å². The Kier molecular flexibility index (Phi) is 3.00. The number of amides is 2. The third-order valence-electron chi connectivity index (χ3n) is 2.82. The van der Waals surface area contributed by atoms with Crippen LogP contribution in [0.5, 0.6) is 0 Å². The Morgan fingerprint density at radius 3 is 2.60 bits per heavy atom. The molecule has 1 aromatic rings. The van der Waals surface area contributed by atoms with Crippen LogP contribution in [0.2, 0.25) is 5.02 Å². The first-order chi connectivity index (χ1) is 9.38. The molecule has 1 saturated heterocycles. The maximum Gasteiger partial charge on any atom is 0.290 e. The molecule has 0 radical (unpaired) electrons. The molecule has 0 bridgehead atoms. The number of benzene rings is 1. The molecule has 1 N–H and O–H groups in total. The van der Waals surface area contributed by atoms with Gasteiger partial charge in [-0.15, -0.1) is 0 Å². The van der Waals surface area contributed by atoms with Gasteiger partial charge >= 0.3 is 0 Å². The topological polar surface area (TPSA) is 80.3 Å². The summed E-state index contributed by atoms with van der Waals surface area (Å²) in [5, 5.41) is 2.96. The van der Waals surface area contributed by atoms with Crippen molar-refractivity contribution in [2.45, 2.75) is 4.90 Å². The van der Waals surface area contributed by atoms with Gasteiger partial charge < -0.3 is 0 Å². The second kappa shape index (κ2) is 4.47. The van der Waals surface area contributed by atoms with Crippen molar-refractivity contribution in [1.29, 1.82) is 0 Å². The molecular weight excluding hydrogens is 322 g/mol. The van der Waals surface area contributed by atoms with Crippen molar-refractivity contribution < 1.29 is 18.0 Å². The molecule has 2 aliphatic heterocycles. The summed E-state index contributed by atoms with van der Waals surface area (Å²) in [6.45, 7) is 0. The molecule has 5 nitrogen and oxygen atoms in total. The van der Waals surface area contributed by atoms with Crippen molar-refractivity contribution in [3.63, 3.8) is 0 Å². The first-order valence-electron chi connectivity index (χ1n) is 5.39. The van der Waals surface area contributed by atoms with Crippen molar-refractivity contribution in [3.8, 4) is 0 Å². The molecule has 1 aromatic carbocycles. The summed E-state index contributed by atoms with van der Waals surface area (Å²) < 4.78 is 24.0. The molecule has 0 aromatic heterocycles. The average Bonchev–Trinajstić information content (AvgIpc) is 2.69. The van der Waals surface area contributed by atoms with Crippen LogP contribution in [0.4, 0.5) is 4.79 Å². The molecule has 8 heteroatoms. The van der Waals surface area contributed by atoms with Crippen LogP contribution in [0.25, 0.3) is 5.57 Å². The SMILES string of the molecule is O=C1NC(=O)/C(=C2/C=CS(=O)(=O)c3cc(Cl)ccc32)S1. The number of rotatable bonds is 0. The van der Waals surface area contributed by atoms with Crippen molar-refractivity contribution in [1.82, 2.24) is 5.32 Å². The van der Waals surface area contributed by atoms with Crippen molar-refractivity contribution >= 4 is 49.9 Å². The Labute approximate surface area is 123 Å². The molecule has 0 aliphatic carbocycles. The van der Waals surface area contributed by atoms with Gasteiger partial charge in [0.15, 0.2) is 0 Å². The van der Waals surface area contributed by atoms with Gasteiger partial charge in [-0.3, -0.25) is 14.9 Å². The number of carbonyl (C=O) groups is 2. The minimum absolute atomic E-state index is 0.0303. The number of hydrogen-bond donors (Lipinski definition) is 1. The number of carbonyl (C=O) groups excluding carboxylic acids is 2. The number of imide groups is 1. The largest absolute Gasteiger partial charge is 0.290 e. The number of halogens is 1. The Morgan fingerprint density at radius 2 is 1.95 bits per heavy atom. The molecule has 1 fully saturated rings. The van der Waals surface area contributed by atoms with Crippen molar-refractivity contribution in [3.05, 3.63) is 45.2 Å². The standard InChI is InChI=1S/C12H6ClNO4S2/c13-6-1-2-7-8(10-11(15)14-12(16)19-10)3-4-20(17,18)9(7)5-6/h1-5H,(H,14,15,16)/b10-8+. The van der Waals surface area contributed by atoms with Gasteiger partial charge in [-0.05, 0) is 30.0 Å². The number of sulfone groups is 1. The molecule has 102 valence electrons. The second-order valence-electron chi connectivity index (χ2n) is 4.07. The smallest absolute Gasteiger partial charge is 0.282 e. The van der Waals surface area contributed by atoms with Gasteiger partial charge in [-0.1, -0.05) is 17.7 Å². The maximum atomic E-state index is 12.0. The van der Waals surface area contributed by atoms with E-state index in [0.717, 1.165) is 17.2 Å². The lowest BCUT2D eigenvalue weighted by Crippen LogP contribution is -2.18. The Hall–Kier alpha value is -1.57. The highest BCUT2D eigenvalue weighted by Gasteiger charge is 2.32. The number of fused-ring (bicyclic) bond motifs is 1. The lowest BCUT2D eigenvalue weighted by Gasteiger charge is -2.15. The van der Waals surface area contributed by atoms with E-state index in [0.29, 0.717) is 11.1 Å². The Morgan fingerprint density at radius 1 is 1.20 bits per heavy atom. The summed E-state index contributed by atoms with van der Waals surface area (Å²) in [6.07, 6.45) is 1.33. The molecular formula is C12H6ClNO4S2. The van der Waals surface area contributed by atoms with Gasteiger partial charge in [0, 0.05) is 21.6 Å². The highest BCUT2D eigenvalue weighted by Crippen LogP contribution is 2.39. The van der Waals surface area contributed by atoms with Crippen LogP contribution in [-0.4, -0.2) is 19.6 Å². The predicted molar refractivity (Wildman–Crippen MR) is 75.8 cm³/mol. The summed E-state index contributed by atoms with van der Waals surface area (Å²) in [6, 6.07) is 4.39. The Bertz CT molecular complexity index is 824. The van der Waals surface area contributed by atoms with E-state index >= 15 is 0 Å². The molecule has 3 rings (SSSR count). The van der Waals surface area contributed by atoms with Crippen LogP contribution < -0.4 is 5.32 Å². The number of thioether (sulfide) groups is 1. The normalized spacial score (nSPS) is 23.6. The van der Waals surface area contributed by atoms with E-state index in [4.69, 9.17) is 11.6 Å². The summed E-state index contributed by atoms with van der Waals surface area (Å²) in [5.74, 6) is -0.528. The van der Waals surface area contributed by atoms with Crippen molar-refractivity contribution in [2.75, 3.05) is 0 Å². The van der Waals surface area contributed by atoms with E-state index in [-0.39, 0.29) is 14.8 Å². The van der Waals surface area contributed by atoms with Gasteiger partial charge in [0.25, 0.3) is 11.1 Å². The minimum Gasteiger partial charge on any atom is -0.282 e. The fourth-order valence-electron chi connectivity index (χ4n) is 1.96. The van der Waals surface area contributed by atoms with E-state index in [1.807, 2.05) is 0 Å². The zero-order chi connectivity index (χ0) is 14.5. The number of nitrogens with one attached hydrogen (secondary N) is 1. The van der Waals surface area contributed by atoms with Crippen LogP contribution in [0.1, 0.15) is 5.56 Å². The third-order valence-corrected chi connectivity index (χ3v) is 5.39. The van der Waals surface area contributed by atoms with Crippen LogP contribution >= 0.6 is 23.4 Å². The van der Waals surface area contributed by atoms with Gasteiger partial charge in [0.05, 0.1) is 9.80 Å². The zero-order valence-corrected chi connectivity index (χ0v) is 12.1. The molecule has 2 heterocycles. The highest BCUT2D eigenvalue weighted by molar-refractivity contribution is 8.18. The third kappa shape index (κ3) is 2.07. The predicted octanol–water partition coefficient (Wildman–Crippen LogP) is 2.34. The minimum atomic E-state index is -3.58. The monoisotopic (exact) mass is 327 g/mol. The molecule has 0 unspecified atom stereocenters. The summed E-state index contributed by atoms with van der Waals surface area (Å²) in [5.41, 5.74) is 0.768. The fourth-order valence-corrected chi connectivity index (χ4v) is 4.20. The molecule has 20 heavy (non-hydrogen) atoms. The summed E-state index contributed by atoms with van der Waals surface area (Å²) in [4.78, 5) is 23.2. The molecule has 2 aliphatic rings. The highest BCUT2D eigenvalue weighted by atomic mass is 35.5. The molecule has 0 spiro atoms. The first kappa shape index (κ1) is 13.4. The van der Waals surface area contributed by atoms with Crippen molar-refractivity contribution in [2.24, 2.45) is 0 Å². The maximum absolute atomic E-state index is 12.0. The van der Waals surface area contributed by atoms with Gasteiger partial charge in [-0.25, -0.2) is 8.42 Å². The quantitative estimate of drug-likeness (QED) is 0.740.